The third-order valence-corrected chi connectivity index (χ3v) is 14.4. The number of aliphatic imine (C=N–C) groups is 3. The zero-order valence-electron chi connectivity index (χ0n) is 49.6. The molecule has 0 spiro atoms. The molecule has 25 heteroatoms. The molecule has 0 saturated carbocycles. The molecule has 0 aromatic heterocycles. The van der Waals surface area contributed by atoms with Gasteiger partial charge in [-0.3, -0.25) is 58.1 Å². The molecule has 0 aliphatic rings. The maximum Gasteiger partial charge on any atom is 0.224 e. The van der Waals surface area contributed by atoms with E-state index in [1.54, 1.807) is 19.1 Å². The Morgan fingerprint density at radius 2 is 0.902 bits per heavy atom. The number of hydrogen-bond donors (Lipinski definition) is 13. The first kappa shape index (κ1) is 72.8. The molecule has 1 aromatic rings. The van der Waals surface area contributed by atoms with Gasteiger partial charge in [0, 0.05) is 74.9 Å². The number of carbonyl (C=O) groups is 9. The number of guanidine groups is 3. The lowest BCUT2D eigenvalue weighted by atomic mass is 9.85. The molecule has 0 heterocycles. The summed E-state index contributed by atoms with van der Waals surface area (Å²) in [6, 6.07) is 1.72. The van der Waals surface area contributed by atoms with E-state index in [-0.39, 0.29) is 131 Å². The molecular weight excluding hydrogens is 1060 g/mol. The molecule has 462 valence electrons. The quantitative estimate of drug-likeness (QED) is 0.0246. The number of benzene rings is 1. The van der Waals surface area contributed by atoms with Crippen molar-refractivity contribution in [1.82, 2.24) is 21.3 Å². The monoisotopic (exact) mass is 1150 g/mol. The number of nitrogens with two attached hydrogens (primary N) is 7. The predicted octanol–water partition coefficient (Wildman–Crippen LogP) is 0.998. The number of hydrogen-bond acceptors (Lipinski definition) is 14. The van der Waals surface area contributed by atoms with Crippen LogP contribution in [0.2, 0.25) is 0 Å². The fourth-order valence-electron chi connectivity index (χ4n) is 9.38. The number of aromatic hydroxyl groups is 1. The number of carbonyl (C=O) groups excluding carboxylic acids is 9. The molecule has 25 nitrogen and oxygen atoms in total. The van der Waals surface area contributed by atoms with Crippen molar-refractivity contribution < 1.29 is 53.4 Å². The van der Waals surface area contributed by atoms with E-state index < -0.39 is 114 Å². The van der Waals surface area contributed by atoms with Crippen LogP contribution in [0.5, 0.6) is 5.75 Å². The van der Waals surface area contributed by atoms with E-state index in [1.165, 1.54) is 19.1 Å². The number of rotatable bonds is 43. The summed E-state index contributed by atoms with van der Waals surface area (Å²) in [4.78, 5) is 137. The summed E-state index contributed by atoms with van der Waals surface area (Å²) in [5.41, 5.74) is 39.7. The highest BCUT2D eigenvalue weighted by Crippen LogP contribution is 2.24. The van der Waals surface area contributed by atoms with Crippen molar-refractivity contribution in [1.29, 1.82) is 0 Å². The van der Waals surface area contributed by atoms with Gasteiger partial charge >= 0.3 is 0 Å². The maximum absolute atomic E-state index is 14.5. The Labute approximate surface area is 483 Å². The zero-order valence-corrected chi connectivity index (χ0v) is 49.6. The van der Waals surface area contributed by atoms with Gasteiger partial charge < -0.3 is 71.6 Å². The molecule has 5 amide bonds. The smallest absolute Gasteiger partial charge is 0.224 e. The van der Waals surface area contributed by atoms with Gasteiger partial charge in [0.15, 0.2) is 41.0 Å². The van der Waals surface area contributed by atoms with Crippen molar-refractivity contribution in [2.75, 3.05) is 26.2 Å². The molecule has 1 aromatic carbocycles. The number of nitrogens with one attached hydrogen (secondary N) is 4. The second kappa shape index (κ2) is 38.5. The Kier molecular flexibility index (Phi) is 34.2. The second-order valence-electron chi connectivity index (χ2n) is 22.4. The molecular formula is C57H98N14O11. The van der Waals surface area contributed by atoms with Gasteiger partial charge in [0.2, 0.25) is 29.5 Å². The first-order valence-corrected chi connectivity index (χ1v) is 28.7. The number of nitrogens with zero attached hydrogens (tertiary/aromatic N) is 3. The molecule has 0 fully saturated rings. The number of amides is 5. The van der Waals surface area contributed by atoms with Crippen LogP contribution in [0.15, 0.2) is 39.2 Å². The van der Waals surface area contributed by atoms with Crippen LogP contribution in [0.25, 0.3) is 0 Å². The first-order chi connectivity index (χ1) is 38.5. The molecule has 0 bridgehead atoms. The standard InChI is InChI=1S/C57H98N14O11/c1-9-34(7)41(50(58)78)30-49(77)45(31-72)71-54(82)39(24-32(3)4)29-48(76)44(25-33(5)6)70-53(81)38(14-11-21-65-55(59)60)28-47(75)43(16-13-23-67-57(63)64)68-51(79)35(8)26-46(74)42(15-12-22-66-56(61)62)69-52(80)37(10-2)27-36-17-19-40(73)20-18-36/h17-20,32-35,37-39,41-45,72-73H,9-16,21-31H2,1-8H3,(H2,58,78)(H,68,79)(H,69,80)(H,70,81)(H,71,82)(H4,59,60,65)(H4,61,62,66)(H4,63,64,67)/t34-,35+,37-,38+,39+,41-,42-,43-,44-,45-/m0/s1. The van der Waals surface area contributed by atoms with Gasteiger partial charge in [0.05, 0.1) is 24.7 Å². The third-order valence-electron chi connectivity index (χ3n) is 14.4. The van der Waals surface area contributed by atoms with Gasteiger partial charge in [-0.2, -0.15) is 0 Å². The SMILES string of the molecule is CC[C@@H](Cc1ccc(O)cc1)C(=O)N[C@@H](CCCN=C(N)N)C(=O)C[C@@H](C)C(=O)N[C@@H](CCCN=C(N)N)C(=O)C[C@@H](CCCN=C(N)N)C(=O)N[C@@H](CC(C)C)C(=O)C[C@@H](CC(C)C)C(=O)N[C@@H](CO)C(=O)C[C@H](C(N)=O)[C@@H](C)CC. The highest BCUT2D eigenvalue weighted by atomic mass is 16.3. The Bertz CT molecular complexity index is 2320. The summed E-state index contributed by atoms with van der Waals surface area (Å²) >= 11 is 0. The van der Waals surface area contributed by atoms with Crippen molar-refractivity contribution in [3.8, 4) is 5.75 Å². The first-order valence-electron chi connectivity index (χ1n) is 28.7. The molecule has 20 N–H and O–H groups in total. The molecule has 0 radical (unpaired) electrons. The number of phenols is 1. The van der Waals surface area contributed by atoms with E-state index in [2.05, 4.69) is 36.2 Å². The van der Waals surface area contributed by atoms with E-state index in [1.807, 2.05) is 41.5 Å². The molecule has 82 heavy (non-hydrogen) atoms. The van der Waals surface area contributed by atoms with Crippen LogP contribution in [-0.2, 0) is 49.6 Å². The fourth-order valence-corrected chi connectivity index (χ4v) is 9.38. The Hall–Kier alpha value is -7.18. The van der Waals surface area contributed by atoms with Gasteiger partial charge in [-0.15, -0.1) is 0 Å². The lowest BCUT2D eigenvalue weighted by Crippen LogP contribution is -2.49. The van der Waals surface area contributed by atoms with Crippen molar-refractivity contribution >= 4 is 70.5 Å². The minimum atomic E-state index is -1.37. The number of phenolic OH excluding ortho intramolecular Hbond substituents is 1. The number of ketones is 4. The van der Waals surface area contributed by atoms with Crippen LogP contribution in [0.3, 0.4) is 0 Å². The normalized spacial score (nSPS) is 14.9. The number of aliphatic hydroxyl groups excluding tert-OH is 1. The van der Waals surface area contributed by atoms with Gasteiger partial charge in [-0.1, -0.05) is 73.9 Å². The van der Waals surface area contributed by atoms with E-state index in [0.717, 1.165) is 5.56 Å². The largest absolute Gasteiger partial charge is 0.508 e. The second-order valence-corrected chi connectivity index (χ2v) is 22.4. The van der Waals surface area contributed by atoms with Crippen LogP contribution in [-0.4, -0.2) is 131 Å². The molecule has 0 unspecified atom stereocenters. The predicted molar refractivity (Wildman–Crippen MR) is 316 cm³/mol. The van der Waals surface area contributed by atoms with Crippen LogP contribution in [0.4, 0.5) is 0 Å². The highest BCUT2D eigenvalue weighted by molar-refractivity contribution is 5.98. The summed E-state index contributed by atoms with van der Waals surface area (Å²) in [6.07, 6.45) is 1.26. The van der Waals surface area contributed by atoms with Crippen molar-refractivity contribution in [2.24, 2.45) is 102 Å². The fraction of sp³-hybridized carbons (Fsp3) is 0.684. The van der Waals surface area contributed by atoms with Crippen LogP contribution in [0, 0.1) is 47.3 Å². The van der Waals surface area contributed by atoms with Gasteiger partial charge in [0.1, 0.15) is 11.8 Å². The van der Waals surface area contributed by atoms with Crippen molar-refractivity contribution in [3.05, 3.63) is 29.8 Å². The lowest BCUT2D eigenvalue weighted by molar-refractivity contribution is -0.136. The molecule has 0 aliphatic carbocycles. The summed E-state index contributed by atoms with van der Waals surface area (Å²) in [5, 5.41) is 31.0. The number of primary amides is 1. The average molecular weight is 1160 g/mol. The lowest BCUT2D eigenvalue weighted by Gasteiger charge is -2.27. The Morgan fingerprint density at radius 3 is 1.37 bits per heavy atom. The van der Waals surface area contributed by atoms with E-state index in [9.17, 15) is 53.4 Å². The van der Waals surface area contributed by atoms with E-state index in [0.29, 0.717) is 25.7 Å². The minimum Gasteiger partial charge on any atom is -0.508 e. The van der Waals surface area contributed by atoms with Gasteiger partial charge in [-0.05, 0) is 99.7 Å². The van der Waals surface area contributed by atoms with E-state index in [4.69, 9.17) is 40.1 Å². The number of aliphatic hydroxyl groups is 1. The van der Waals surface area contributed by atoms with Crippen molar-refractivity contribution in [2.45, 2.75) is 176 Å². The summed E-state index contributed by atoms with van der Waals surface area (Å²) in [5.74, 6) is -10.5. The maximum atomic E-state index is 14.5. The van der Waals surface area contributed by atoms with Gasteiger partial charge in [-0.25, -0.2) is 0 Å². The molecule has 0 saturated heterocycles. The Balaban J connectivity index is 3.54. The minimum absolute atomic E-state index is 0.0212. The molecule has 10 atom stereocenters. The van der Waals surface area contributed by atoms with Crippen LogP contribution < -0.4 is 61.4 Å². The van der Waals surface area contributed by atoms with E-state index >= 15 is 0 Å². The zero-order chi connectivity index (χ0) is 62.2. The Morgan fingerprint density at radius 1 is 0.488 bits per heavy atom. The highest BCUT2D eigenvalue weighted by Gasteiger charge is 2.36. The van der Waals surface area contributed by atoms with Crippen LogP contribution >= 0.6 is 0 Å². The molecule has 1 rings (SSSR count). The number of Topliss-reactive ketones (excluding diaryl/α,β-unsaturated/α-hetero) is 4. The summed E-state index contributed by atoms with van der Waals surface area (Å²) in [6.45, 7) is 13.9. The third kappa shape index (κ3) is 29.0. The molecule has 0 aliphatic heterocycles. The average Bonchev–Trinajstić information content (AvgIpc) is 3.46. The van der Waals surface area contributed by atoms with Crippen molar-refractivity contribution in [3.63, 3.8) is 0 Å². The summed E-state index contributed by atoms with van der Waals surface area (Å²) < 4.78 is 0. The topological polar surface area (TPSA) is 461 Å². The van der Waals surface area contributed by atoms with Crippen LogP contribution in [0.1, 0.15) is 151 Å². The summed E-state index contributed by atoms with van der Waals surface area (Å²) in [7, 11) is 0. The van der Waals surface area contributed by atoms with Gasteiger partial charge in [0.25, 0.3) is 0 Å².